The van der Waals surface area contributed by atoms with E-state index in [-0.39, 0.29) is 43.7 Å². The number of carbonyl (C=O) groups is 1. The van der Waals surface area contributed by atoms with Gasteiger partial charge < -0.3 is 19.1 Å². The molecule has 2 heterocycles. The molecule has 0 radical (unpaired) electrons. The molecule has 2 aromatic rings. The average Bonchev–Trinajstić information content (AvgIpc) is 3.26. The van der Waals surface area contributed by atoms with E-state index in [2.05, 4.69) is 21.0 Å². The molecule has 1 N–H and O–H groups in total. The second-order valence-electron chi connectivity index (χ2n) is 8.88. The number of nitrogens with zero attached hydrogens (tertiary/aromatic N) is 4. The fraction of sp³-hybridized carbons (Fsp3) is 0.520. The zero-order chi connectivity index (χ0) is 26.9. The molecule has 194 valence electrons. The van der Waals surface area contributed by atoms with Crippen LogP contribution in [0.2, 0.25) is 0 Å². The van der Waals surface area contributed by atoms with Crippen molar-refractivity contribution >= 4 is 20.3 Å². The summed E-state index contributed by atoms with van der Waals surface area (Å²) in [6, 6.07) is 12.5. The number of anilines is 1. The van der Waals surface area contributed by atoms with Crippen LogP contribution in [0.5, 0.6) is 0 Å². The predicted octanol–water partition coefficient (Wildman–Crippen LogP) is 4.46. The Morgan fingerprint density at radius 1 is 1.33 bits per heavy atom. The van der Waals surface area contributed by atoms with Crippen LogP contribution in [0.1, 0.15) is 65.4 Å². The molecule has 11 heteroatoms. The molecule has 1 aliphatic rings. The van der Waals surface area contributed by atoms with Crippen LogP contribution < -0.4 is 11.0 Å². The zero-order valence-electron chi connectivity index (χ0n) is 22.0. The first-order chi connectivity index (χ1) is 17.7. The van der Waals surface area contributed by atoms with Gasteiger partial charge in [0.2, 0.25) is 0 Å². The lowest BCUT2D eigenvalue weighted by atomic mass is 10.2. The summed E-state index contributed by atoms with van der Waals surface area (Å²) in [5.41, 5.74) is -0.130. The van der Waals surface area contributed by atoms with Gasteiger partial charge in [0.15, 0.2) is 0 Å². The molecule has 0 spiro atoms. The molecule has 0 aliphatic carbocycles. The quantitative estimate of drug-likeness (QED) is 0.343. The lowest BCUT2D eigenvalue weighted by molar-refractivity contribution is -0.00865. The molecule has 1 aromatic carbocycles. The maximum Gasteiger partial charge on any atom is 0.351 e. The Bertz CT molecular complexity index is 1120. The van der Waals surface area contributed by atoms with Crippen molar-refractivity contribution in [2.24, 2.45) is 0 Å². The number of rotatable bonds is 11. The van der Waals surface area contributed by atoms with Crippen LogP contribution >= 0.6 is 8.53 Å². The van der Waals surface area contributed by atoms with E-state index in [1.165, 1.54) is 16.8 Å². The molecule has 0 bridgehead atoms. The topological polar surface area (TPSA) is 119 Å². The van der Waals surface area contributed by atoms with Crippen molar-refractivity contribution in [3.8, 4) is 6.07 Å². The van der Waals surface area contributed by atoms with E-state index in [1.807, 2.05) is 33.8 Å². The molecule has 36 heavy (non-hydrogen) atoms. The van der Waals surface area contributed by atoms with Gasteiger partial charge >= 0.3 is 5.69 Å². The fourth-order valence-electron chi connectivity index (χ4n) is 3.88. The average molecular weight is 517 g/mol. The van der Waals surface area contributed by atoms with Crippen molar-refractivity contribution in [3.63, 3.8) is 0 Å². The van der Waals surface area contributed by atoms with Gasteiger partial charge in [-0.3, -0.25) is 9.36 Å². The highest BCUT2D eigenvalue weighted by atomic mass is 31.2. The number of carbonyl (C=O) groups excluding carboxylic acids is 1. The Labute approximate surface area is 214 Å². The molecule has 10 nitrogen and oxygen atoms in total. The van der Waals surface area contributed by atoms with E-state index >= 15 is 0 Å². The van der Waals surface area contributed by atoms with Gasteiger partial charge in [-0.05, 0) is 52.8 Å². The number of benzene rings is 1. The van der Waals surface area contributed by atoms with Gasteiger partial charge in [0, 0.05) is 31.6 Å². The Balaban J connectivity index is 1.73. The van der Waals surface area contributed by atoms with Gasteiger partial charge in [0.05, 0.1) is 31.3 Å². The van der Waals surface area contributed by atoms with Crippen molar-refractivity contribution in [1.82, 2.24) is 14.2 Å². The number of nitriles is 1. The van der Waals surface area contributed by atoms with Gasteiger partial charge in [0.25, 0.3) is 14.4 Å². The third kappa shape index (κ3) is 7.19. The van der Waals surface area contributed by atoms with Crippen LogP contribution in [-0.2, 0) is 13.8 Å². The van der Waals surface area contributed by atoms with Crippen molar-refractivity contribution < 1.29 is 19.9 Å². The smallest absolute Gasteiger partial charge is 0.351 e. The fourth-order valence-corrected chi connectivity index (χ4v) is 5.63. The summed E-state index contributed by atoms with van der Waals surface area (Å²) in [5.74, 6) is -0.230. The van der Waals surface area contributed by atoms with Crippen LogP contribution in [0.15, 0.2) is 47.4 Å². The summed E-state index contributed by atoms with van der Waals surface area (Å²) in [7, 11) is -1.52. The molecule has 1 saturated heterocycles. The van der Waals surface area contributed by atoms with Crippen molar-refractivity contribution in [1.29, 1.82) is 5.26 Å². The first-order valence-corrected chi connectivity index (χ1v) is 13.0. The van der Waals surface area contributed by atoms with Gasteiger partial charge in [-0.2, -0.15) is 10.2 Å². The Morgan fingerprint density at radius 2 is 2.06 bits per heavy atom. The highest BCUT2D eigenvalue weighted by Gasteiger charge is 2.39. The summed E-state index contributed by atoms with van der Waals surface area (Å²) in [4.78, 5) is 29.2. The van der Waals surface area contributed by atoms with Crippen molar-refractivity contribution in [2.45, 2.75) is 78.0 Å². The van der Waals surface area contributed by atoms with E-state index in [9.17, 15) is 9.59 Å². The number of aromatic nitrogens is 2. The molecule has 1 fully saturated rings. The maximum atomic E-state index is 12.8. The van der Waals surface area contributed by atoms with E-state index in [4.69, 9.17) is 20.4 Å². The molecule has 1 unspecified atom stereocenters. The van der Waals surface area contributed by atoms with Crippen LogP contribution in [0.4, 0.5) is 5.82 Å². The molecule has 3 rings (SSSR count). The number of ether oxygens (including phenoxy) is 1. The second kappa shape index (κ2) is 13.0. The Kier molecular flexibility index (Phi) is 9.56. The third-order valence-corrected chi connectivity index (χ3v) is 7.64. The minimum absolute atomic E-state index is 0.0563. The van der Waals surface area contributed by atoms with Gasteiger partial charge in [0.1, 0.15) is 12.0 Å². The predicted molar refractivity (Wildman–Crippen MR) is 137 cm³/mol. The Morgan fingerprint density at radius 3 is 2.67 bits per heavy atom. The molecule has 1 aromatic heterocycles. The molecule has 4 atom stereocenters. The molecular formula is C25H34N5O5P. The number of amides is 1. The third-order valence-electron chi connectivity index (χ3n) is 5.49. The van der Waals surface area contributed by atoms with E-state index in [1.54, 1.807) is 24.3 Å². The lowest BCUT2D eigenvalue weighted by Crippen LogP contribution is -2.35. The van der Waals surface area contributed by atoms with Gasteiger partial charge in [-0.1, -0.05) is 18.2 Å². The summed E-state index contributed by atoms with van der Waals surface area (Å²) in [6.45, 7) is 8.37. The SMILES string of the molecule is [2H]C[C@H]1O[C@@H](n2ccc(NC(=O)c3ccccc3)nc2=O)C[C@H]1OP(OCCC#N)N(C(C)C)C(C)C. The highest BCUT2D eigenvalue weighted by Crippen LogP contribution is 2.49. The van der Waals surface area contributed by atoms with Crippen molar-refractivity contribution in [2.75, 3.05) is 11.9 Å². The van der Waals surface area contributed by atoms with Crippen LogP contribution in [0.3, 0.4) is 0 Å². The normalized spacial score (nSPS) is 20.9. The monoisotopic (exact) mass is 516 g/mol. The van der Waals surface area contributed by atoms with Crippen LogP contribution in [0, 0.1) is 11.3 Å². The summed E-state index contributed by atoms with van der Waals surface area (Å²) in [5, 5.41) is 11.6. The minimum atomic E-state index is -1.52. The zero-order valence-corrected chi connectivity index (χ0v) is 21.9. The number of hydrogen-bond donors (Lipinski definition) is 1. The minimum Gasteiger partial charge on any atom is -0.352 e. The number of nitrogens with one attached hydrogen (secondary N) is 1. The standard InChI is InChI=1S/C25H34N5O5P/c1-17(2)30(18(3)4)36(33-15-9-13-26)35-21-16-23(34-19(21)5)29-14-12-22(28-25(29)32)27-24(31)20-10-7-6-8-11-20/h6-8,10-12,14,17-19,21,23H,9,15-16H2,1-5H3,(H,27,28,31,32)/t19-,21-,23-,36?/m1/s1/i5D. The van der Waals surface area contributed by atoms with E-state index in [0.29, 0.717) is 12.0 Å². The van der Waals surface area contributed by atoms with Gasteiger partial charge in [-0.25, -0.2) is 9.46 Å². The maximum absolute atomic E-state index is 12.8. The van der Waals surface area contributed by atoms with E-state index in [0.717, 1.165) is 0 Å². The molecular weight excluding hydrogens is 481 g/mol. The second-order valence-corrected chi connectivity index (χ2v) is 10.3. The Hall–Kier alpha value is -2.67. The molecule has 0 saturated carbocycles. The molecule has 1 aliphatic heterocycles. The first-order valence-electron chi connectivity index (χ1n) is 12.6. The van der Waals surface area contributed by atoms with E-state index < -0.39 is 32.7 Å². The first kappa shape index (κ1) is 26.4. The summed E-state index contributed by atoms with van der Waals surface area (Å²) < 4.78 is 29.8. The largest absolute Gasteiger partial charge is 0.352 e. The van der Waals surface area contributed by atoms with Crippen molar-refractivity contribution in [3.05, 3.63) is 58.6 Å². The summed E-state index contributed by atoms with van der Waals surface area (Å²) >= 11 is 0. The highest BCUT2D eigenvalue weighted by molar-refractivity contribution is 7.44. The molecule has 1 amide bonds. The lowest BCUT2D eigenvalue weighted by Gasteiger charge is -2.37. The van der Waals surface area contributed by atoms with Crippen LogP contribution in [0.25, 0.3) is 0 Å². The van der Waals surface area contributed by atoms with Crippen LogP contribution in [-0.4, -0.2) is 51.0 Å². The summed E-state index contributed by atoms with van der Waals surface area (Å²) in [6.07, 6.45) is 0.351. The van der Waals surface area contributed by atoms with Gasteiger partial charge in [-0.15, -0.1) is 0 Å². The number of hydrogen-bond acceptors (Lipinski definition) is 8.